The van der Waals surface area contributed by atoms with Gasteiger partial charge < -0.3 is 15.6 Å². The molecular weight excluding hydrogens is 208 g/mol. The van der Waals surface area contributed by atoms with Crippen LogP contribution in [0.5, 0.6) is 0 Å². The molecule has 1 aromatic rings. The summed E-state index contributed by atoms with van der Waals surface area (Å²) in [7, 11) is 1.58. The second kappa shape index (κ2) is 4.78. The lowest BCUT2D eigenvalue weighted by Gasteiger charge is -2.22. The topological polar surface area (TPSA) is 86.9 Å². The number of rotatable bonds is 4. The monoisotopic (exact) mass is 224 g/mol. The third-order valence-electron chi connectivity index (χ3n) is 2.25. The minimum Gasteiger partial charge on any atom is -0.364 e. The number of hydrogen-bond donors (Lipinski definition) is 3. The number of carbonyl (C=O) groups is 1. The number of amides is 1. The van der Waals surface area contributed by atoms with Crippen LogP contribution in [0.2, 0.25) is 0 Å². The van der Waals surface area contributed by atoms with E-state index in [9.17, 15) is 9.59 Å². The fourth-order valence-corrected chi connectivity index (χ4v) is 1.20. The lowest BCUT2D eigenvalue weighted by molar-refractivity contribution is -0.128. The van der Waals surface area contributed by atoms with Crippen molar-refractivity contribution >= 4 is 11.7 Å². The van der Waals surface area contributed by atoms with E-state index in [0.29, 0.717) is 6.54 Å². The van der Waals surface area contributed by atoms with Crippen LogP contribution >= 0.6 is 0 Å². The predicted molar refractivity (Wildman–Crippen MR) is 61.2 cm³/mol. The Balaban J connectivity index is 2.68. The minimum absolute atomic E-state index is 0.0904. The van der Waals surface area contributed by atoms with Crippen LogP contribution in [-0.2, 0) is 4.79 Å². The molecule has 0 bridgehead atoms. The van der Waals surface area contributed by atoms with Crippen LogP contribution in [0.1, 0.15) is 13.8 Å². The van der Waals surface area contributed by atoms with Crippen molar-refractivity contribution in [3.05, 3.63) is 22.7 Å². The molecule has 0 saturated heterocycles. The number of hydrogen-bond acceptors (Lipinski definition) is 4. The van der Waals surface area contributed by atoms with Crippen LogP contribution in [0.3, 0.4) is 0 Å². The second-order valence-corrected chi connectivity index (χ2v) is 4.08. The van der Waals surface area contributed by atoms with E-state index in [4.69, 9.17) is 0 Å². The SMILES string of the molecule is CNC(=O)C(C)(C)CNc1ncc[nH]c1=O. The minimum atomic E-state index is -0.599. The summed E-state index contributed by atoms with van der Waals surface area (Å²) in [5, 5.41) is 5.42. The molecule has 0 atom stereocenters. The van der Waals surface area contributed by atoms with E-state index in [-0.39, 0.29) is 17.3 Å². The highest BCUT2D eigenvalue weighted by molar-refractivity contribution is 5.82. The maximum Gasteiger partial charge on any atom is 0.290 e. The molecule has 0 aromatic carbocycles. The van der Waals surface area contributed by atoms with E-state index in [2.05, 4.69) is 20.6 Å². The largest absolute Gasteiger partial charge is 0.364 e. The normalized spacial score (nSPS) is 10.9. The molecule has 6 heteroatoms. The van der Waals surface area contributed by atoms with E-state index in [1.54, 1.807) is 20.9 Å². The summed E-state index contributed by atoms with van der Waals surface area (Å²) in [4.78, 5) is 29.2. The number of nitrogens with zero attached hydrogens (tertiary/aromatic N) is 1. The van der Waals surface area contributed by atoms with Crippen molar-refractivity contribution in [2.45, 2.75) is 13.8 Å². The van der Waals surface area contributed by atoms with Gasteiger partial charge in [0, 0.05) is 26.0 Å². The molecule has 0 aliphatic carbocycles. The Labute approximate surface area is 93.5 Å². The molecule has 1 heterocycles. The van der Waals surface area contributed by atoms with Crippen molar-refractivity contribution in [3.63, 3.8) is 0 Å². The van der Waals surface area contributed by atoms with E-state index in [1.165, 1.54) is 12.4 Å². The van der Waals surface area contributed by atoms with Gasteiger partial charge in [0.25, 0.3) is 5.56 Å². The molecule has 0 radical (unpaired) electrons. The standard InChI is InChI=1S/C10H16N4O2/c1-10(2,9(16)11-3)6-14-7-8(15)13-5-4-12-7/h4-5H,6H2,1-3H3,(H,11,16)(H,12,14)(H,13,15). The fourth-order valence-electron chi connectivity index (χ4n) is 1.20. The van der Waals surface area contributed by atoms with Gasteiger partial charge >= 0.3 is 0 Å². The first-order valence-electron chi connectivity index (χ1n) is 4.97. The number of nitrogens with one attached hydrogen (secondary N) is 3. The molecule has 1 amide bonds. The van der Waals surface area contributed by atoms with Gasteiger partial charge in [0.15, 0.2) is 5.82 Å². The third-order valence-corrected chi connectivity index (χ3v) is 2.25. The molecule has 0 unspecified atom stereocenters. The zero-order valence-corrected chi connectivity index (χ0v) is 9.63. The Morgan fingerprint density at radius 2 is 2.25 bits per heavy atom. The number of aromatic amines is 1. The lowest BCUT2D eigenvalue weighted by atomic mass is 9.92. The van der Waals surface area contributed by atoms with Crippen molar-refractivity contribution in [2.75, 3.05) is 18.9 Å². The highest BCUT2D eigenvalue weighted by atomic mass is 16.2. The Morgan fingerprint density at radius 3 is 2.81 bits per heavy atom. The predicted octanol–water partition coefficient (Wildman–Crippen LogP) is -0.0460. The van der Waals surface area contributed by atoms with Gasteiger partial charge in [-0.15, -0.1) is 0 Å². The quantitative estimate of drug-likeness (QED) is 0.669. The molecule has 0 aliphatic heterocycles. The molecule has 1 rings (SSSR count). The molecule has 1 aromatic heterocycles. The van der Waals surface area contributed by atoms with Gasteiger partial charge in [-0.25, -0.2) is 4.98 Å². The van der Waals surface area contributed by atoms with Crippen LogP contribution in [-0.4, -0.2) is 29.5 Å². The molecule has 0 aliphatic rings. The molecule has 0 saturated carbocycles. The lowest BCUT2D eigenvalue weighted by Crippen LogP contribution is -2.40. The molecule has 0 spiro atoms. The first kappa shape index (κ1) is 12.2. The smallest absolute Gasteiger partial charge is 0.290 e. The number of anilines is 1. The van der Waals surface area contributed by atoms with Crippen molar-refractivity contribution < 1.29 is 4.79 Å². The summed E-state index contributed by atoms with van der Waals surface area (Å²) in [5.41, 5.74) is -0.895. The van der Waals surface area contributed by atoms with Crippen molar-refractivity contribution in [1.82, 2.24) is 15.3 Å². The molecule has 16 heavy (non-hydrogen) atoms. The third kappa shape index (κ3) is 2.82. The van der Waals surface area contributed by atoms with Crippen molar-refractivity contribution in [2.24, 2.45) is 5.41 Å². The summed E-state index contributed by atoms with van der Waals surface area (Å²) < 4.78 is 0. The van der Waals surface area contributed by atoms with Crippen molar-refractivity contribution in [1.29, 1.82) is 0 Å². The van der Waals surface area contributed by atoms with Crippen molar-refractivity contribution in [3.8, 4) is 0 Å². The number of aromatic nitrogens is 2. The van der Waals surface area contributed by atoms with Crippen LogP contribution in [0.15, 0.2) is 17.2 Å². The molecular formula is C10H16N4O2. The van der Waals surface area contributed by atoms with Gasteiger partial charge in [0.1, 0.15) is 0 Å². The van der Waals surface area contributed by atoms with Crippen LogP contribution < -0.4 is 16.2 Å². The van der Waals surface area contributed by atoms with E-state index in [1.807, 2.05) is 0 Å². The van der Waals surface area contributed by atoms with Gasteiger partial charge in [-0.2, -0.15) is 0 Å². The van der Waals surface area contributed by atoms with Crippen LogP contribution in [0.4, 0.5) is 5.82 Å². The second-order valence-electron chi connectivity index (χ2n) is 4.08. The summed E-state index contributed by atoms with van der Waals surface area (Å²) >= 11 is 0. The zero-order chi connectivity index (χ0) is 12.2. The summed E-state index contributed by atoms with van der Waals surface area (Å²) in [6.07, 6.45) is 2.94. The Kier molecular flexibility index (Phi) is 3.65. The van der Waals surface area contributed by atoms with Crippen LogP contribution in [0.25, 0.3) is 0 Å². The highest BCUT2D eigenvalue weighted by Crippen LogP contribution is 2.14. The van der Waals surface area contributed by atoms with Gasteiger partial charge in [0.05, 0.1) is 5.41 Å². The first-order valence-corrected chi connectivity index (χ1v) is 4.97. The maximum absolute atomic E-state index is 11.5. The Morgan fingerprint density at radius 1 is 1.56 bits per heavy atom. The van der Waals surface area contributed by atoms with Crippen LogP contribution in [0, 0.1) is 5.41 Å². The highest BCUT2D eigenvalue weighted by Gasteiger charge is 2.26. The van der Waals surface area contributed by atoms with Gasteiger partial charge in [-0.05, 0) is 13.8 Å². The number of carbonyl (C=O) groups excluding carboxylic acids is 1. The van der Waals surface area contributed by atoms with E-state index in [0.717, 1.165) is 0 Å². The molecule has 6 nitrogen and oxygen atoms in total. The average Bonchev–Trinajstić information content (AvgIpc) is 2.27. The summed E-state index contributed by atoms with van der Waals surface area (Å²) in [5.74, 6) is 0.131. The van der Waals surface area contributed by atoms with Gasteiger partial charge in [-0.1, -0.05) is 0 Å². The van der Waals surface area contributed by atoms with Gasteiger partial charge in [0.2, 0.25) is 5.91 Å². The van der Waals surface area contributed by atoms with Gasteiger partial charge in [-0.3, -0.25) is 9.59 Å². The molecule has 3 N–H and O–H groups in total. The molecule has 88 valence electrons. The van der Waals surface area contributed by atoms with E-state index < -0.39 is 5.41 Å². The first-order chi connectivity index (χ1) is 7.47. The fraction of sp³-hybridized carbons (Fsp3) is 0.500. The zero-order valence-electron chi connectivity index (χ0n) is 9.63. The average molecular weight is 224 g/mol. The summed E-state index contributed by atoms with van der Waals surface area (Å²) in [6.45, 7) is 3.92. The Bertz CT molecular complexity index is 425. The number of H-pyrrole nitrogens is 1. The van der Waals surface area contributed by atoms with E-state index >= 15 is 0 Å². The Hall–Kier alpha value is -1.85. The molecule has 0 fully saturated rings. The maximum atomic E-state index is 11.5. The summed E-state index contributed by atoms with van der Waals surface area (Å²) in [6, 6.07) is 0.